The minimum Gasteiger partial charge on any atom is -0.341 e. The molecule has 1 fully saturated rings. The highest BCUT2D eigenvalue weighted by molar-refractivity contribution is 9.10. The van der Waals surface area contributed by atoms with Gasteiger partial charge in [0.25, 0.3) is 0 Å². The number of likely N-dealkylation sites (tertiary alicyclic amines) is 1. The van der Waals surface area contributed by atoms with Gasteiger partial charge < -0.3 is 4.90 Å². The molecule has 1 aromatic rings. The van der Waals surface area contributed by atoms with Gasteiger partial charge in [-0.15, -0.1) is 0 Å². The van der Waals surface area contributed by atoms with Crippen LogP contribution < -0.4 is 4.72 Å². The quantitative estimate of drug-likeness (QED) is 0.832. The number of carbonyl (C=O) groups excluding carboxylic acids is 1. The lowest BCUT2D eigenvalue weighted by Gasteiger charge is -2.21. The first-order chi connectivity index (χ1) is 9.79. The molecular formula is C13H16BrClN2O3S. The molecule has 0 saturated carbocycles. The van der Waals surface area contributed by atoms with Gasteiger partial charge in [0.05, 0.1) is 5.02 Å². The number of carbonyl (C=O) groups is 1. The smallest absolute Gasteiger partial charge is 0.242 e. The molecule has 116 valence electrons. The highest BCUT2D eigenvalue weighted by atomic mass is 79.9. The van der Waals surface area contributed by atoms with Gasteiger partial charge in [-0.1, -0.05) is 27.5 Å². The lowest BCUT2D eigenvalue weighted by Crippen LogP contribution is -2.42. The van der Waals surface area contributed by atoms with Crippen molar-refractivity contribution in [2.75, 3.05) is 13.1 Å². The van der Waals surface area contributed by atoms with E-state index < -0.39 is 10.0 Å². The van der Waals surface area contributed by atoms with Crippen LogP contribution in [0.5, 0.6) is 0 Å². The maximum Gasteiger partial charge on any atom is 0.242 e. The summed E-state index contributed by atoms with van der Waals surface area (Å²) in [5.41, 5.74) is 0. The molecule has 1 heterocycles. The molecule has 1 aliphatic heterocycles. The summed E-state index contributed by atoms with van der Waals surface area (Å²) in [5.74, 6) is 0.0720. The van der Waals surface area contributed by atoms with Gasteiger partial charge in [-0.25, -0.2) is 13.1 Å². The first kappa shape index (κ1) is 16.7. The minimum absolute atomic E-state index is 0.0342. The standard InChI is InChI=1S/C13H16BrClN2O3S/c1-9(8-17-6-2-3-13(17)18)16-21(19,20)12-5-4-10(14)7-11(12)15/h4-5,7,9,16H,2-3,6,8H2,1H3. The molecule has 1 N–H and O–H groups in total. The molecular weight excluding hydrogens is 380 g/mol. The van der Waals surface area contributed by atoms with E-state index in [1.165, 1.54) is 12.1 Å². The molecule has 1 unspecified atom stereocenters. The van der Waals surface area contributed by atoms with Crippen molar-refractivity contribution in [3.8, 4) is 0 Å². The fourth-order valence-electron chi connectivity index (χ4n) is 2.29. The molecule has 1 atom stereocenters. The fraction of sp³-hybridized carbons (Fsp3) is 0.462. The Balaban J connectivity index is 2.08. The van der Waals surface area contributed by atoms with Gasteiger partial charge in [0.2, 0.25) is 15.9 Å². The Labute approximate surface area is 137 Å². The Morgan fingerprint density at radius 3 is 2.76 bits per heavy atom. The Morgan fingerprint density at radius 1 is 1.48 bits per heavy atom. The first-order valence-corrected chi connectivity index (χ1v) is 9.20. The van der Waals surface area contributed by atoms with E-state index in [0.717, 1.165) is 6.42 Å². The SMILES string of the molecule is CC(CN1CCCC1=O)NS(=O)(=O)c1ccc(Br)cc1Cl. The van der Waals surface area contributed by atoms with Crippen molar-refractivity contribution in [3.05, 3.63) is 27.7 Å². The van der Waals surface area contributed by atoms with Crippen LogP contribution in [0.4, 0.5) is 0 Å². The summed E-state index contributed by atoms with van der Waals surface area (Å²) in [5, 5.41) is 0.154. The summed E-state index contributed by atoms with van der Waals surface area (Å²) in [7, 11) is -3.71. The van der Waals surface area contributed by atoms with E-state index in [4.69, 9.17) is 11.6 Å². The lowest BCUT2D eigenvalue weighted by atomic mass is 10.3. The van der Waals surface area contributed by atoms with Crippen LogP contribution in [0.3, 0.4) is 0 Å². The summed E-state index contributed by atoms with van der Waals surface area (Å²) in [6, 6.07) is 4.22. The summed E-state index contributed by atoms with van der Waals surface area (Å²) in [6.45, 7) is 2.78. The van der Waals surface area contributed by atoms with Crippen LogP contribution in [0, 0.1) is 0 Å². The second-order valence-corrected chi connectivity index (χ2v) is 8.05. The van der Waals surface area contributed by atoms with Crippen molar-refractivity contribution in [1.29, 1.82) is 0 Å². The Morgan fingerprint density at radius 2 is 2.19 bits per heavy atom. The van der Waals surface area contributed by atoms with E-state index >= 15 is 0 Å². The Hall–Kier alpha value is -0.630. The lowest BCUT2D eigenvalue weighted by molar-refractivity contribution is -0.127. The molecule has 0 aromatic heterocycles. The number of nitrogens with zero attached hydrogens (tertiary/aromatic N) is 1. The Bertz CT molecular complexity index is 651. The Kier molecular flexibility index (Phi) is 5.29. The highest BCUT2D eigenvalue weighted by Crippen LogP contribution is 2.25. The summed E-state index contributed by atoms with van der Waals surface area (Å²) < 4.78 is 27.9. The topological polar surface area (TPSA) is 66.5 Å². The molecule has 5 nitrogen and oxygen atoms in total. The van der Waals surface area contributed by atoms with Crippen molar-refractivity contribution in [2.24, 2.45) is 0 Å². The maximum absolute atomic E-state index is 12.3. The first-order valence-electron chi connectivity index (χ1n) is 6.55. The van der Waals surface area contributed by atoms with E-state index in [1.807, 2.05) is 0 Å². The zero-order chi connectivity index (χ0) is 15.6. The van der Waals surface area contributed by atoms with Crippen LogP contribution in [0.1, 0.15) is 19.8 Å². The van der Waals surface area contributed by atoms with Crippen LogP contribution >= 0.6 is 27.5 Å². The van der Waals surface area contributed by atoms with Crippen molar-refractivity contribution in [1.82, 2.24) is 9.62 Å². The zero-order valence-electron chi connectivity index (χ0n) is 11.5. The third-order valence-corrected chi connectivity index (χ3v) is 5.77. The van der Waals surface area contributed by atoms with E-state index in [2.05, 4.69) is 20.7 Å². The van der Waals surface area contributed by atoms with Gasteiger partial charge in [0.15, 0.2) is 0 Å². The second kappa shape index (κ2) is 6.64. The number of hydrogen-bond acceptors (Lipinski definition) is 3. The molecule has 8 heteroatoms. The molecule has 0 bridgehead atoms. The molecule has 1 aromatic carbocycles. The van der Waals surface area contributed by atoms with E-state index in [1.54, 1.807) is 17.9 Å². The zero-order valence-corrected chi connectivity index (χ0v) is 14.6. The van der Waals surface area contributed by atoms with E-state index in [9.17, 15) is 13.2 Å². The number of nitrogens with one attached hydrogen (secondary N) is 1. The fourth-order valence-corrected chi connectivity index (χ4v) is 4.56. The number of hydrogen-bond donors (Lipinski definition) is 1. The monoisotopic (exact) mass is 394 g/mol. The molecule has 0 radical (unpaired) electrons. The van der Waals surface area contributed by atoms with Crippen molar-refractivity contribution >= 4 is 43.5 Å². The number of amides is 1. The maximum atomic E-state index is 12.3. The third kappa shape index (κ3) is 4.18. The summed E-state index contributed by atoms with van der Waals surface area (Å²) in [4.78, 5) is 13.3. The summed E-state index contributed by atoms with van der Waals surface area (Å²) in [6.07, 6.45) is 1.37. The van der Waals surface area contributed by atoms with Gasteiger partial charge >= 0.3 is 0 Å². The van der Waals surface area contributed by atoms with Crippen molar-refractivity contribution in [3.63, 3.8) is 0 Å². The highest BCUT2D eigenvalue weighted by Gasteiger charge is 2.25. The van der Waals surface area contributed by atoms with E-state index in [0.29, 0.717) is 24.0 Å². The average molecular weight is 396 g/mol. The van der Waals surface area contributed by atoms with Crippen LogP contribution in [-0.4, -0.2) is 38.4 Å². The normalized spacial score (nSPS) is 17.3. The molecule has 1 amide bonds. The predicted molar refractivity (Wildman–Crippen MR) is 84.7 cm³/mol. The van der Waals surface area contributed by atoms with Crippen molar-refractivity contribution in [2.45, 2.75) is 30.7 Å². The van der Waals surface area contributed by atoms with Crippen molar-refractivity contribution < 1.29 is 13.2 Å². The van der Waals surface area contributed by atoms with Gasteiger partial charge in [0, 0.05) is 30.0 Å². The van der Waals surface area contributed by atoms with Crippen LogP contribution in [0.25, 0.3) is 0 Å². The molecule has 1 aliphatic rings. The van der Waals surface area contributed by atoms with Gasteiger partial charge in [-0.3, -0.25) is 4.79 Å². The van der Waals surface area contributed by atoms with Gasteiger partial charge in [0.1, 0.15) is 4.90 Å². The molecule has 21 heavy (non-hydrogen) atoms. The minimum atomic E-state index is -3.71. The molecule has 2 rings (SSSR count). The van der Waals surface area contributed by atoms with Crippen LogP contribution in [0.2, 0.25) is 5.02 Å². The average Bonchev–Trinajstić information content (AvgIpc) is 2.73. The van der Waals surface area contributed by atoms with Crippen LogP contribution in [-0.2, 0) is 14.8 Å². The number of rotatable bonds is 5. The number of benzene rings is 1. The van der Waals surface area contributed by atoms with Crippen LogP contribution in [0.15, 0.2) is 27.6 Å². The summed E-state index contributed by atoms with van der Waals surface area (Å²) >= 11 is 9.21. The number of halogens is 2. The van der Waals surface area contributed by atoms with E-state index in [-0.39, 0.29) is 21.9 Å². The van der Waals surface area contributed by atoms with Gasteiger partial charge in [-0.05, 0) is 31.5 Å². The molecule has 1 saturated heterocycles. The second-order valence-electron chi connectivity index (χ2n) is 5.04. The largest absolute Gasteiger partial charge is 0.341 e. The number of sulfonamides is 1. The molecule has 0 aliphatic carbocycles. The third-order valence-electron chi connectivity index (χ3n) is 3.21. The molecule has 0 spiro atoms. The predicted octanol–water partition coefficient (Wildman–Crippen LogP) is 2.39. The van der Waals surface area contributed by atoms with Gasteiger partial charge in [-0.2, -0.15) is 0 Å².